The summed E-state index contributed by atoms with van der Waals surface area (Å²) in [5, 5.41) is 11.0. The number of amides is 1. The number of likely N-dealkylation sites (tertiary alicyclic amines) is 1. The summed E-state index contributed by atoms with van der Waals surface area (Å²) in [6, 6.07) is 2.12. The molecule has 1 saturated heterocycles. The minimum absolute atomic E-state index is 0.0523. The summed E-state index contributed by atoms with van der Waals surface area (Å²) in [7, 11) is 1.71. The first-order valence-corrected chi connectivity index (χ1v) is 9.99. The van der Waals surface area contributed by atoms with Crippen molar-refractivity contribution in [3.05, 3.63) is 28.3 Å². The molecule has 2 aliphatic rings. The monoisotopic (exact) mass is 372 g/mol. The molecule has 1 aliphatic heterocycles. The Morgan fingerprint density at radius 1 is 1.19 bits per heavy atom. The summed E-state index contributed by atoms with van der Waals surface area (Å²) in [6.07, 6.45) is 3.93. The Hall–Kier alpha value is -2.04. The highest BCUT2D eigenvalue weighted by Crippen LogP contribution is 2.38. The fraction of sp³-hybridized carbons (Fsp3) is 0.636. The molecule has 0 bridgehead atoms. The number of aryl methyl sites for hydroxylation is 1. The molecule has 2 atom stereocenters. The van der Waals surface area contributed by atoms with Crippen molar-refractivity contribution in [1.29, 1.82) is 0 Å². The molecule has 5 nitrogen and oxygen atoms in total. The molecule has 27 heavy (non-hydrogen) atoms. The van der Waals surface area contributed by atoms with Crippen molar-refractivity contribution >= 4 is 11.9 Å². The predicted octanol–water partition coefficient (Wildman–Crippen LogP) is 2.04. The number of hydrogen-bond acceptors (Lipinski definition) is 4. The molecule has 3 rings (SSSR count). The van der Waals surface area contributed by atoms with Crippen LogP contribution < -0.4 is 9.84 Å². The van der Waals surface area contributed by atoms with Crippen molar-refractivity contribution in [3.8, 4) is 5.75 Å². The fourth-order valence-corrected chi connectivity index (χ4v) is 4.79. The number of carboxylic acid groups (broad SMARTS) is 1. The molecule has 5 heteroatoms. The van der Waals surface area contributed by atoms with E-state index < -0.39 is 11.9 Å². The van der Waals surface area contributed by atoms with Crippen molar-refractivity contribution in [1.82, 2.24) is 4.90 Å². The van der Waals surface area contributed by atoms with Crippen LogP contribution in [0.25, 0.3) is 0 Å². The molecule has 1 amide bonds. The summed E-state index contributed by atoms with van der Waals surface area (Å²) in [5.74, 6) is -0.0480. The third kappa shape index (κ3) is 3.83. The smallest absolute Gasteiger partial charge is 0.225 e. The van der Waals surface area contributed by atoms with Crippen molar-refractivity contribution in [3.63, 3.8) is 0 Å². The Bertz CT molecular complexity index is 734. The topological polar surface area (TPSA) is 69.7 Å². The first-order chi connectivity index (χ1) is 12.8. The van der Waals surface area contributed by atoms with Gasteiger partial charge in [0.25, 0.3) is 0 Å². The summed E-state index contributed by atoms with van der Waals surface area (Å²) in [6.45, 7) is 7.33. The zero-order valence-corrected chi connectivity index (χ0v) is 16.8. The number of carbonyl (C=O) groups excluding carboxylic acids is 2. The van der Waals surface area contributed by atoms with Gasteiger partial charge in [-0.15, -0.1) is 0 Å². The number of benzene rings is 1. The van der Waals surface area contributed by atoms with Gasteiger partial charge in [-0.2, -0.15) is 0 Å². The highest BCUT2D eigenvalue weighted by Gasteiger charge is 2.33. The summed E-state index contributed by atoms with van der Waals surface area (Å²) < 4.78 is 5.53. The van der Waals surface area contributed by atoms with Crippen molar-refractivity contribution in [2.24, 2.45) is 17.8 Å². The van der Waals surface area contributed by atoms with Crippen LogP contribution in [-0.2, 0) is 22.4 Å². The predicted molar refractivity (Wildman–Crippen MR) is 101 cm³/mol. The van der Waals surface area contributed by atoms with Crippen LogP contribution in [0.3, 0.4) is 0 Å². The molecule has 0 radical (unpaired) electrons. The first-order valence-electron chi connectivity index (χ1n) is 9.99. The third-order valence-corrected chi connectivity index (χ3v) is 6.70. The van der Waals surface area contributed by atoms with Crippen LogP contribution in [0.4, 0.5) is 0 Å². The average Bonchev–Trinajstić information content (AvgIpc) is 2.69. The zero-order chi connectivity index (χ0) is 19.7. The Balaban J connectivity index is 1.70. The van der Waals surface area contributed by atoms with Gasteiger partial charge in [0.1, 0.15) is 5.75 Å². The molecule has 0 N–H and O–H groups in total. The SMILES string of the molecule is COc1cc(C)c2c(c1C)C[C@H]([C@H](C)C(=O)N1CCC(C(=O)[O-])CC1)CC2. The number of carboxylic acids is 1. The van der Waals surface area contributed by atoms with Gasteiger partial charge in [-0.25, -0.2) is 0 Å². The van der Waals surface area contributed by atoms with Gasteiger partial charge in [0.05, 0.1) is 7.11 Å². The number of rotatable bonds is 4. The Kier molecular flexibility index (Phi) is 5.78. The Morgan fingerprint density at radius 3 is 2.44 bits per heavy atom. The molecule has 1 aliphatic carbocycles. The van der Waals surface area contributed by atoms with E-state index in [1.807, 2.05) is 11.8 Å². The number of methoxy groups -OCH3 is 1. The van der Waals surface area contributed by atoms with Crippen molar-refractivity contribution in [2.75, 3.05) is 20.2 Å². The fourth-order valence-electron chi connectivity index (χ4n) is 4.79. The second kappa shape index (κ2) is 7.91. The van der Waals surface area contributed by atoms with Crippen LogP contribution in [0.15, 0.2) is 6.07 Å². The van der Waals surface area contributed by atoms with Crippen molar-refractivity contribution in [2.45, 2.75) is 52.9 Å². The largest absolute Gasteiger partial charge is 0.550 e. The van der Waals surface area contributed by atoms with E-state index in [9.17, 15) is 14.7 Å². The summed E-state index contributed by atoms with van der Waals surface area (Å²) >= 11 is 0. The molecule has 1 heterocycles. The standard InChI is InChI=1S/C22H31NO4/c1-13-11-20(27-4)15(3)19-12-17(5-6-18(13)19)14(2)21(24)23-9-7-16(8-10-23)22(25)26/h11,14,16-17H,5-10,12H2,1-4H3,(H,25,26)/p-1/t14-,17+/m0/s1. The Labute approximate surface area is 161 Å². The van der Waals surface area contributed by atoms with E-state index in [0.717, 1.165) is 25.0 Å². The van der Waals surface area contributed by atoms with Gasteiger partial charge in [0, 0.05) is 30.9 Å². The number of nitrogens with zero attached hydrogens (tertiary/aromatic N) is 1. The van der Waals surface area contributed by atoms with E-state index in [0.29, 0.717) is 31.8 Å². The third-order valence-electron chi connectivity index (χ3n) is 6.70. The summed E-state index contributed by atoms with van der Waals surface area (Å²) in [4.78, 5) is 25.9. The molecule has 1 aromatic carbocycles. The molecule has 0 spiro atoms. The summed E-state index contributed by atoms with van der Waals surface area (Å²) in [5.41, 5.74) is 5.23. The van der Waals surface area contributed by atoms with Gasteiger partial charge in [-0.05, 0) is 80.2 Å². The molecule has 0 saturated carbocycles. The second-order valence-corrected chi connectivity index (χ2v) is 8.19. The lowest BCUT2D eigenvalue weighted by atomic mass is 9.74. The van der Waals surface area contributed by atoms with Crippen LogP contribution >= 0.6 is 0 Å². The first kappa shape index (κ1) is 19.7. The molecule has 1 aromatic rings. The van der Waals surface area contributed by atoms with Gasteiger partial charge in [-0.3, -0.25) is 4.79 Å². The molecule has 148 valence electrons. The second-order valence-electron chi connectivity index (χ2n) is 8.19. The molecular weight excluding hydrogens is 342 g/mol. The van der Waals surface area contributed by atoms with E-state index in [1.54, 1.807) is 7.11 Å². The van der Waals surface area contributed by atoms with Crippen LogP contribution in [0.2, 0.25) is 0 Å². The van der Waals surface area contributed by atoms with Gasteiger partial charge in [0.2, 0.25) is 5.91 Å². The van der Waals surface area contributed by atoms with E-state index in [4.69, 9.17) is 4.74 Å². The molecule has 0 aromatic heterocycles. The lowest BCUT2D eigenvalue weighted by molar-refractivity contribution is -0.312. The maximum atomic E-state index is 13.0. The maximum absolute atomic E-state index is 13.0. The van der Waals surface area contributed by atoms with E-state index in [1.165, 1.54) is 22.3 Å². The molecule has 1 fully saturated rings. The average molecular weight is 372 g/mol. The van der Waals surface area contributed by atoms with Gasteiger partial charge < -0.3 is 19.5 Å². The van der Waals surface area contributed by atoms with Gasteiger partial charge >= 0.3 is 0 Å². The van der Waals surface area contributed by atoms with Crippen molar-refractivity contribution < 1.29 is 19.4 Å². The number of hydrogen-bond donors (Lipinski definition) is 0. The number of carbonyl (C=O) groups is 2. The Morgan fingerprint density at radius 2 is 1.85 bits per heavy atom. The van der Waals surface area contributed by atoms with E-state index in [2.05, 4.69) is 19.9 Å². The highest BCUT2D eigenvalue weighted by atomic mass is 16.5. The van der Waals surface area contributed by atoms with Gasteiger partial charge in [-0.1, -0.05) is 6.92 Å². The van der Waals surface area contributed by atoms with Crippen LogP contribution in [0, 0.1) is 31.6 Å². The highest BCUT2D eigenvalue weighted by molar-refractivity contribution is 5.79. The van der Waals surface area contributed by atoms with Crippen LogP contribution in [0.5, 0.6) is 5.75 Å². The minimum Gasteiger partial charge on any atom is -0.550 e. The van der Waals surface area contributed by atoms with E-state index >= 15 is 0 Å². The quantitative estimate of drug-likeness (QED) is 0.811. The van der Waals surface area contributed by atoms with Crippen LogP contribution in [0.1, 0.15) is 48.4 Å². The van der Waals surface area contributed by atoms with Crippen LogP contribution in [-0.4, -0.2) is 37.0 Å². The maximum Gasteiger partial charge on any atom is 0.225 e. The molecule has 0 unspecified atom stereocenters. The zero-order valence-electron chi connectivity index (χ0n) is 16.8. The number of ether oxygens (including phenoxy) is 1. The molecular formula is C22H30NO4-. The van der Waals surface area contributed by atoms with E-state index in [-0.39, 0.29) is 11.8 Å². The lowest BCUT2D eigenvalue weighted by Crippen LogP contribution is -2.46. The lowest BCUT2D eigenvalue weighted by Gasteiger charge is -2.37. The number of aliphatic carboxylic acids is 1. The number of fused-ring (bicyclic) bond motifs is 1. The minimum atomic E-state index is -0.987. The normalized spacial score (nSPS) is 21.5. The number of piperidine rings is 1. The van der Waals surface area contributed by atoms with Gasteiger partial charge in [0.15, 0.2) is 0 Å².